The van der Waals surface area contributed by atoms with Gasteiger partial charge in [-0.15, -0.1) is 0 Å². The van der Waals surface area contributed by atoms with Gasteiger partial charge in [-0.1, -0.05) is 26.2 Å². The summed E-state index contributed by atoms with van der Waals surface area (Å²) in [5, 5.41) is 3.15. The van der Waals surface area contributed by atoms with Crippen LogP contribution in [0.25, 0.3) is 0 Å². The second-order valence-corrected chi connectivity index (χ2v) is 8.69. The molecule has 2 aliphatic carbocycles. The van der Waals surface area contributed by atoms with Crippen molar-refractivity contribution in [1.82, 2.24) is 15.1 Å². The van der Waals surface area contributed by atoms with Gasteiger partial charge in [0.15, 0.2) is 0 Å². The molecule has 2 saturated heterocycles. The molecule has 0 spiro atoms. The Hall–Kier alpha value is -1.30. The first kappa shape index (κ1) is 18.1. The molecule has 0 radical (unpaired) electrons. The number of urea groups is 1. The number of likely N-dealkylation sites (tertiary alicyclic amines) is 1. The zero-order chi connectivity index (χ0) is 18.1. The van der Waals surface area contributed by atoms with Crippen molar-refractivity contribution in [1.29, 1.82) is 0 Å². The highest BCUT2D eigenvalue weighted by Crippen LogP contribution is 2.47. The number of rotatable bonds is 3. The molecule has 0 aromatic rings. The summed E-state index contributed by atoms with van der Waals surface area (Å²) < 4.78 is 5.32. The Balaban J connectivity index is 1.36. The largest absolute Gasteiger partial charge is 0.378 e. The summed E-state index contributed by atoms with van der Waals surface area (Å²) in [6, 6.07) is 0.906. The predicted molar refractivity (Wildman–Crippen MR) is 98.7 cm³/mol. The molecule has 6 heteroatoms. The molecule has 4 fully saturated rings. The van der Waals surface area contributed by atoms with Crippen LogP contribution in [0.2, 0.25) is 0 Å². The van der Waals surface area contributed by atoms with Crippen LogP contribution in [-0.4, -0.2) is 66.7 Å². The zero-order valence-corrected chi connectivity index (χ0v) is 16.0. The molecule has 146 valence electrons. The van der Waals surface area contributed by atoms with E-state index in [0.717, 1.165) is 6.42 Å². The highest BCUT2D eigenvalue weighted by molar-refractivity contribution is 5.80. The van der Waals surface area contributed by atoms with Crippen LogP contribution >= 0.6 is 0 Å². The molecule has 6 nitrogen and oxygen atoms in total. The highest BCUT2D eigenvalue weighted by Gasteiger charge is 2.52. The molecule has 0 unspecified atom stereocenters. The first-order valence-corrected chi connectivity index (χ1v) is 10.6. The van der Waals surface area contributed by atoms with Gasteiger partial charge >= 0.3 is 6.03 Å². The third-order valence-corrected chi connectivity index (χ3v) is 7.20. The molecule has 2 aliphatic heterocycles. The standard InChI is InChI=1S/C20H33N3O3/c1-14-11-18-16(12-19(24)23(18)15-5-3-2-4-6-15)17(14)13-21-20(25)22-7-9-26-10-8-22/h14-18H,2-13H2,1H3,(H,21,25)/t14-,16-,17+,18+/m0/s1. The Morgan fingerprint density at radius 1 is 1.19 bits per heavy atom. The summed E-state index contributed by atoms with van der Waals surface area (Å²) in [6.45, 7) is 5.60. The maximum Gasteiger partial charge on any atom is 0.317 e. The molecule has 1 N–H and O–H groups in total. The average Bonchev–Trinajstić information content (AvgIpc) is 3.14. The van der Waals surface area contributed by atoms with Crippen molar-refractivity contribution in [2.45, 2.75) is 64.0 Å². The topological polar surface area (TPSA) is 61.9 Å². The fourth-order valence-corrected chi connectivity index (χ4v) is 5.81. The van der Waals surface area contributed by atoms with Crippen molar-refractivity contribution in [2.75, 3.05) is 32.8 Å². The molecule has 2 saturated carbocycles. The van der Waals surface area contributed by atoms with E-state index in [4.69, 9.17) is 4.74 Å². The van der Waals surface area contributed by atoms with Crippen molar-refractivity contribution < 1.29 is 14.3 Å². The summed E-state index contributed by atoms with van der Waals surface area (Å²) in [6.07, 6.45) is 8.00. The average molecular weight is 364 g/mol. The molecule has 4 atom stereocenters. The van der Waals surface area contributed by atoms with Crippen molar-refractivity contribution in [3.8, 4) is 0 Å². The number of hydrogen-bond donors (Lipinski definition) is 1. The van der Waals surface area contributed by atoms with Crippen LogP contribution in [0.1, 0.15) is 51.9 Å². The molecular formula is C20H33N3O3. The second kappa shape index (κ2) is 7.75. The Bertz CT molecular complexity index is 528. The fourth-order valence-electron chi connectivity index (χ4n) is 5.81. The van der Waals surface area contributed by atoms with E-state index in [-0.39, 0.29) is 6.03 Å². The summed E-state index contributed by atoms with van der Waals surface area (Å²) in [7, 11) is 0. The second-order valence-electron chi connectivity index (χ2n) is 8.69. The van der Waals surface area contributed by atoms with Gasteiger partial charge in [-0.25, -0.2) is 4.79 Å². The van der Waals surface area contributed by atoms with E-state index in [0.29, 0.717) is 75.0 Å². The predicted octanol–water partition coefficient (Wildman–Crippen LogP) is 2.23. The van der Waals surface area contributed by atoms with Crippen LogP contribution in [0.5, 0.6) is 0 Å². The van der Waals surface area contributed by atoms with Crippen LogP contribution in [0, 0.1) is 17.8 Å². The maximum absolute atomic E-state index is 12.7. The van der Waals surface area contributed by atoms with E-state index < -0.39 is 0 Å². The lowest BCUT2D eigenvalue weighted by molar-refractivity contribution is -0.132. The molecular weight excluding hydrogens is 330 g/mol. The van der Waals surface area contributed by atoms with Gasteiger partial charge < -0.3 is 19.9 Å². The maximum atomic E-state index is 12.7. The summed E-state index contributed by atoms with van der Waals surface area (Å²) in [5.74, 6) is 1.77. The van der Waals surface area contributed by atoms with Crippen molar-refractivity contribution >= 4 is 11.9 Å². The third-order valence-electron chi connectivity index (χ3n) is 7.20. The first-order valence-electron chi connectivity index (χ1n) is 10.6. The minimum Gasteiger partial charge on any atom is -0.378 e. The minimum absolute atomic E-state index is 0.0254. The van der Waals surface area contributed by atoms with Gasteiger partial charge in [0.25, 0.3) is 0 Å². The summed E-state index contributed by atoms with van der Waals surface area (Å²) >= 11 is 0. The van der Waals surface area contributed by atoms with Crippen LogP contribution in [0.15, 0.2) is 0 Å². The highest BCUT2D eigenvalue weighted by atomic mass is 16.5. The third kappa shape index (κ3) is 3.45. The fraction of sp³-hybridized carbons (Fsp3) is 0.900. The zero-order valence-electron chi connectivity index (χ0n) is 16.0. The van der Waals surface area contributed by atoms with E-state index in [1.807, 2.05) is 4.90 Å². The van der Waals surface area contributed by atoms with Gasteiger partial charge in [-0.2, -0.15) is 0 Å². The Labute approximate surface area is 156 Å². The van der Waals surface area contributed by atoms with Gasteiger partial charge in [0.05, 0.1) is 13.2 Å². The lowest BCUT2D eigenvalue weighted by Gasteiger charge is -2.35. The smallest absolute Gasteiger partial charge is 0.317 e. The number of nitrogens with one attached hydrogen (secondary N) is 1. The molecule has 4 aliphatic rings. The first-order chi connectivity index (χ1) is 12.6. The number of carbonyl (C=O) groups is 2. The molecule has 3 amide bonds. The lowest BCUT2D eigenvalue weighted by Crippen LogP contribution is -2.48. The van der Waals surface area contributed by atoms with Gasteiger partial charge in [0, 0.05) is 38.1 Å². The summed E-state index contributed by atoms with van der Waals surface area (Å²) in [5.41, 5.74) is 0. The van der Waals surface area contributed by atoms with Crippen LogP contribution in [-0.2, 0) is 9.53 Å². The van der Waals surface area contributed by atoms with E-state index >= 15 is 0 Å². The van der Waals surface area contributed by atoms with Crippen LogP contribution in [0.4, 0.5) is 4.79 Å². The summed E-state index contributed by atoms with van der Waals surface area (Å²) in [4.78, 5) is 29.3. The van der Waals surface area contributed by atoms with Gasteiger partial charge in [-0.05, 0) is 37.0 Å². The Kier molecular flexibility index (Phi) is 5.39. The molecule has 0 aromatic heterocycles. The van der Waals surface area contributed by atoms with E-state index in [1.54, 1.807) is 0 Å². The quantitative estimate of drug-likeness (QED) is 0.836. The van der Waals surface area contributed by atoms with E-state index in [2.05, 4.69) is 17.1 Å². The van der Waals surface area contributed by atoms with E-state index in [1.165, 1.54) is 32.1 Å². The van der Waals surface area contributed by atoms with Gasteiger partial charge in [-0.3, -0.25) is 4.79 Å². The molecule has 26 heavy (non-hydrogen) atoms. The molecule has 4 rings (SSSR count). The number of carbonyl (C=O) groups excluding carboxylic acids is 2. The number of fused-ring (bicyclic) bond motifs is 1. The van der Waals surface area contributed by atoms with Gasteiger partial charge in [0.1, 0.15) is 0 Å². The van der Waals surface area contributed by atoms with Crippen molar-refractivity contribution in [3.05, 3.63) is 0 Å². The van der Waals surface area contributed by atoms with Crippen molar-refractivity contribution in [3.63, 3.8) is 0 Å². The van der Waals surface area contributed by atoms with Gasteiger partial charge in [0.2, 0.25) is 5.91 Å². The molecule has 0 bridgehead atoms. The lowest BCUT2D eigenvalue weighted by atomic mass is 9.88. The Morgan fingerprint density at radius 2 is 1.92 bits per heavy atom. The number of morpholine rings is 1. The van der Waals surface area contributed by atoms with Crippen LogP contribution in [0.3, 0.4) is 0 Å². The van der Waals surface area contributed by atoms with Crippen molar-refractivity contribution in [2.24, 2.45) is 17.8 Å². The monoisotopic (exact) mass is 363 g/mol. The Morgan fingerprint density at radius 3 is 2.65 bits per heavy atom. The molecule has 2 heterocycles. The van der Waals surface area contributed by atoms with Crippen LogP contribution < -0.4 is 5.32 Å². The SMILES string of the molecule is C[C@H]1C[C@@H]2[C@@H](CC(=O)N2C2CCCCC2)[C@@H]1CNC(=O)N1CCOCC1. The minimum atomic E-state index is 0.0254. The number of amides is 3. The number of hydrogen-bond acceptors (Lipinski definition) is 3. The normalized spacial score (nSPS) is 35.7. The number of ether oxygens (including phenoxy) is 1. The van der Waals surface area contributed by atoms with E-state index in [9.17, 15) is 9.59 Å². The number of nitrogens with zero attached hydrogens (tertiary/aromatic N) is 2. The molecule has 0 aromatic carbocycles.